The van der Waals surface area contributed by atoms with Gasteiger partial charge in [-0.3, -0.25) is 9.59 Å². The van der Waals surface area contributed by atoms with E-state index >= 15 is 0 Å². The number of halogens is 3. The summed E-state index contributed by atoms with van der Waals surface area (Å²) in [6.45, 7) is 1.57. The van der Waals surface area contributed by atoms with Crippen LogP contribution in [0.5, 0.6) is 11.5 Å². The van der Waals surface area contributed by atoms with Gasteiger partial charge in [-0.25, -0.2) is 9.37 Å². The van der Waals surface area contributed by atoms with Gasteiger partial charge < -0.3 is 14.8 Å². The average molecular weight is 632 g/mol. The lowest BCUT2D eigenvalue weighted by Crippen LogP contribution is -2.22. The molecule has 1 N–H and O–H groups in total. The third kappa shape index (κ3) is 6.23. The number of aryl methyl sites for hydroxylation is 1. The van der Waals surface area contributed by atoms with Gasteiger partial charge in [0, 0.05) is 16.6 Å². The molecule has 8 nitrogen and oxygen atoms in total. The highest BCUT2D eigenvalue weighted by molar-refractivity contribution is 9.10. The molecule has 0 saturated heterocycles. The molecule has 37 heavy (non-hydrogen) atoms. The van der Waals surface area contributed by atoms with Crippen LogP contribution in [0, 0.1) is 5.82 Å². The van der Waals surface area contributed by atoms with Gasteiger partial charge in [-0.05, 0) is 70.0 Å². The first-order valence-corrected chi connectivity index (χ1v) is 12.7. The number of ether oxygens (including phenoxy) is 2. The van der Waals surface area contributed by atoms with E-state index in [-0.39, 0.29) is 12.2 Å². The molecular weight excluding hydrogens is 611 g/mol. The van der Waals surface area contributed by atoms with Gasteiger partial charge in [-0.2, -0.15) is 9.78 Å². The standard InChI is InChI=1S/C26H21Br2FN4O4/c1-3-23-32-21-8-7-16(27)11-19(21)26(35)33(23)30-13-15-9-20(28)25(22(10-15)36-2)37-14-24(34)31-18-6-4-5-17(29)12-18/h4-13H,3,14H2,1-2H3,(H,31,34). The highest BCUT2D eigenvalue weighted by atomic mass is 79.9. The fourth-order valence-electron chi connectivity index (χ4n) is 3.52. The van der Waals surface area contributed by atoms with Crippen LogP contribution < -0.4 is 20.3 Å². The van der Waals surface area contributed by atoms with Crippen molar-refractivity contribution >= 4 is 60.6 Å². The minimum Gasteiger partial charge on any atom is -0.493 e. The number of amides is 1. The van der Waals surface area contributed by atoms with Crippen molar-refractivity contribution in [2.24, 2.45) is 5.10 Å². The summed E-state index contributed by atoms with van der Waals surface area (Å²) in [6, 6.07) is 14.3. The molecule has 4 rings (SSSR count). The SMILES string of the molecule is CCc1nc2ccc(Br)cc2c(=O)n1N=Cc1cc(Br)c(OCC(=O)Nc2cccc(F)c2)c(OC)c1. The maximum absolute atomic E-state index is 13.3. The number of carbonyl (C=O) groups is 1. The number of hydrogen-bond acceptors (Lipinski definition) is 6. The van der Waals surface area contributed by atoms with Crippen LogP contribution in [0.15, 0.2) is 73.4 Å². The fraction of sp³-hybridized carbons (Fsp3) is 0.154. The summed E-state index contributed by atoms with van der Waals surface area (Å²) in [4.78, 5) is 29.9. The number of benzene rings is 3. The number of anilines is 1. The number of nitrogens with one attached hydrogen (secondary N) is 1. The molecule has 0 bridgehead atoms. The fourth-order valence-corrected chi connectivity index (χ4v) is 4.46. The van der Waals surface area contributed by atoms with Crippen molar-refractivity contribution in [2.75, 3.05) is 19.0 Å². The summed E-state index contributed by atoms with van der Waals surface area (Å²) in [5.74, 6) is 0.246. The van der Waals surface area contributed by atoms with Crippen molar-refractivity contribution in [1.29, 1.82) is 0 Å². The number of methoxy groups -OCH3 is 1. The molecule has 0 spiro atoms. The predicted molar refractivity (Wildman–Crippen MR) is 147 cm³/mol. The van der Waals surface area contributed by atoms with Crippen LogP contribution in [0.2, 0.25) is 0 Å². The third-order valence-electron chi connectivity index (χ3n) is 5.22. The van der Waals surface area contributed by atoms with E-state index in [9.17, 15) is 14.0 Å². The Labute approximate surface area is 228 Å². The molecule has 190 valence electrons. The summed E-state index contributed by atoms with van der Waals surface area (Å²) >= 11 is 6.83. The minimum atomic E-state index is -0.466. The van der Waals surface area contributed by atoms with Gasteiger partial charge >= 0.3 is 0 Å². The average Bonchev–Trinajstić information content (AvgIpc) is 2.87. The van der Waals surface area contributed by atoms with Crippen LogP contribution in [-0.4, -0.2) is 35.5 Å². The number of carbonyl (C=O) groups excluding carboxylic acids is 1. The van der Waals surface area contributed by atoms with E-state index in [0.29, 0.717) is 50.4 Å². The van der Waals surface area contributed by atoms with E-state index in [2.05, 4.69) is 47.3 Å². The molecule has 0 fully saturated rings. The molecule has 0 atom stereocenters. The van der Waals surface area contributed by atoms with Gasteiger partial charge in [0.25, 0.3) is 11.5 Å². The summed E-state index contributed by atoms with van der Waals surface area (Å²) in [5.41, 5.74) is 1.26. The number of fused-ring (bicyclic) bond motifs is 1. The topological polar surface area (TPSA) is 94.8 Å². The molecule has 4 aromatic rings. The van der Waals surface area contributed by atoms with Gasteiger partial charge in [0.05, 0.1) is 28.7 Å². The molecule has 0 aliphatic heterocycles. The number of hydrogen-bond donors (Lipinski definition) is 1. The molecule has 0 aliphatic rings. The van der Waals surface area contributed by atoms with Crippen LogP contribution in [0.1, 0.15) is 18.3 Å². The van der Waals surface area contributed by atoms with E-state index in [4.69, 9.17) is 9.47 Å². The van der Waals surface area contributed by atoms with Crippen LogP contribution >= 0.6 is 31.9 Å². The minimum absolute atomic E-state index is 0.283. The Morgan fingerprint density at radius 2 is 2.00 bits per heavy atom. The summed E-state index contributed by atoms with van der Waals surface area (Å²) in [5, 5.41) is 7.41. The zero-order valence-electron chi connectivity index (χ0n) is 19.8. The molecule has 0 saturated carbocycles. The molecule has 1 amide bonds. The molecule has 3 aromatic carbocycles. The van der Waals surface area contributed by atoms with Gasteiger partial charge in [-0.1, -0.05) is 28.9 Å². The first kappa shape index (κ1) is 26.5. The highest BCUT2D eigenvalue weighted by Crippen LogP contribution is 2.36. The maximum atomic E-state index is 13.3. The number of rotatable bonds is 8. The largest absolute Gasteiger partial charge is 0.493 e. The predicted octanol–water partition coefficient (Wildman–Crippen LogP) is 5.53. The molecule has 1 heterocycles. The van der Waals surface area contributed by atoms with Crippen molar-refractivity contribution in [1.82, 2.24) is 9.66 Å². The Morgan fingerprint density at radius 3 is 2.73 bits per heavy atom. The van der Waals surface area contributed by atoms with Crippen molar-refractivity contribution < 1.29 is 18.7 Å². The second-order valence-electron chi connectivity index (χ2n) is 7.79. The Balaban J connectivity index is 1.56. The van der Waals surface area contributed by atoms with Gasteiger partial charge in [0.15, 0.2) is 18.1 Å². The van der Waals surface area contributed by atoms with E-state index in [1.807, 2.05) is 13.0 Å². The number of aromatic nitrogens is 2. The third-order valence-corrected chi connectivity index (χ3v) is 6.30. The Morgan fingerprint density at radius 1 is 1.19 bits per heavy atom. The van der Waals surface area contributed by atoms with E-state index in [1.165, 1.54) is 36.2 Å². The van der Waals surface area contributed by atoms with Crippen molar-refractivity contribution in [3.05, 3.63) is 91.1 Å². The lowest BCUT2D eigenvalue weighted by Gasteiger charge is -2.13. The smallest absolute Gasteiger partial charge is 0.282 e. The quantitative estimate of drug-likeness (QED) is 0.258. The number of nitrogens with zero attached hydrogens (tertiary/aromatic N) is 3. The first-order chi connectivity index (χ1) is 17.8. The maximum Gasteiger partial charge on any atom is 0.282 e. The first-order valence-electron chi connectivity index (χ1n) is 11.1. The second-order valence-corrected chi connectivity index (χ2v) is 9.56. The van der Waals surface area contributed by atoms with Crippen LogP contribution in [0.4, 0.5) is 10.1 Å². The Hall–Kier alpha value is -3.57. The Kier molecular flexibility index (Phi) is 8.34. The van der Waals surface area contributed by atoms with Gasteiger partial charge in [0.1, 0.15) is 11.6 Å². The van der Waals surface area contributed by atoms with Gasteiger partial charge in [-0.15, -0.1) is 0 Å². The van der Waals surface area contributed by atoms with Crippen LogP contribution in [-0.2, 0) is 11.2 Å². The molecule has 1 aromatic heterocycles. The van der Waals surface area contributed by atoms with Crippen molar-refractivity contribution in [3.8, 4) is 11.5 Å². The molecule has 0 unspecified atom stereocenters. The lowest BCUT2D eigenvalue weighted by atomic mass is 10.2. The zero-order valence-corrected chi connectivity index (χ0v) is 23.0. The normalized spacial score (nSPS) is 11.2. The van der Waals surface area contributed by atoms with Crippen LogP contribution in [0.25, 0.3) is 10.9 Å². The van der Waals surface area contributed by atoms with Gasteiger partial charge in [0.2, 0.25) is 0 Å². The molecule has 11 heteroatoms. The van der Waals surface area contributed by atoms with E-state index in [0.717, 1.165) is 4.47 Å². The molecule has 0 aliphatic carbocycles. The summed E-state index contributed by atoms with van der Waals surface area (Å²) in [6.07, 6.45) is 2.02. The van der Waals surface area contributed by atoms with E-state index in [1.54, 1.807) is 30.3 Å². The van der Waals surface area contributed by atoms with E-state index < -0.39 is 11.7 Å². The van der Waals surface area contributed by atoms with Crippen molar-refractivity contribution in [2.45, 2.75) is 13.3 Å². The lowest BCUT2D eigenvalue weighted by molar-refractivity contribution is -0.118. The second kappa shape index (κ2) is 11.7. The monoisotopic (exact) mass is 630 g/mol. The Bertz CT molecular complexity index is 1570. The highest BCUT2D eigenvalue weighted by Gasteiger charge is 2.14. The zero-order chi connectivity index (χ0) is 26.5. The van der Waals surface area contributed by atoms with Crippen molar-refractivity contribution in [3.63, 3.8) is 0 Å². The summed E-state index contributed by atoms with van der Waals surface area (Å²) < 4.78 is 27.0. The molecule has 0 radical (unpaired) electrons. The summed E-state index contributed by atoms with van der Waals surface area (Å²) in [7, 11) is 1.47. The molecular formula is C26H21Br2FN4O4. The van der Waals surface area contributed by atoms with Crippen LogP contribution in [0.3, 0.4) is 0 Å².